The molecule has 1 heterocycles. The molecule has 8 rings (SSSR count). The third kappa shape index (κ3) is 2.99. The molecular weight excluding hydrogens is 470 g/mol. The molecule has 0 aliphatic heterocycles. The fourth-order valence-corrected chi connectivity index (χ4v) is 7.41. The average molecular weight is 500 g/mol. The first-order chi connectivity index (χ1) is 19.2. The van der Waals surface area contributed by atoms with Crippen LogP contribution < -0.4 is 0 Å². The number of hydrogen-bond donors (Lipinski definition) is 0. The van der Waals surface area contributed by atoms with E-state index in [4.69, 9.17) is 4.98 Å². The van der Waals surface area contributed by atoms with Gasteiger partial charge in [0.25, 0.3) is 0 Å². The minimum Gasteiger partial charge on any atom is -0.256 e. The summed E-state index contributed by atoms with van der Waals surface area (Å²) in [5.41, 5.74) is 7.91. The predicted molar refractivity (Wildman–Crippen MR) is 166 cm³/mol. The summed E-state index contributed by atoms with van der Waals surface area (Å²) in [4.78, 5) is 4.86. The van der Waals surface area contributed by atoms with Crippen LogP contribution in [0.15, 0.2) is 115 Å². The molecule has 186 valence electrons. The summed E-state index contributed by atoms with van der Waals surface area (Å²) in [6.07, 6.45) is 4.09. The summed E-state index contributed by atoms with van der Waals surface area (Å²) in [6, 6.07) is 40.6. The zero-order valence-corrected chi connectivity index (χ0v) is 22.3. The van der Waals surface area contributed by atoms with Gasteiger partial charge in [-0.05, 0) is 97.1 Å². The number of pyridine rings is 1. The topological polar surface area (TPSA) is 12.9 Å². The third-order valence-corrected chi connectivity index (χ3v) is 9.38. The van der Waals surface area contributed by atoms with Crippen LogP contribution in [0.4, 0.5) is 0 Å². The van der Waals surface area contributed by atoms with Crippen LogP contribution in [-0.2, 0) is 5.41 Å². The molecule has 0 bridgehead atoms. The molecule has 7 aromatic rings. The minimum absolute atomic E-state index is 0.0102. The van der Waals surface area contributed by atoms with Gasteiger partial charge >= 0.3 is 0 Å². The van der Waals surface area contributed by atoms with Crippen LogP contribution in [0, 0.1) is 0 Å². The van der Waals surface area contributed by atoms with E-state index >= 15 is 0 Å². The highest BCUT2D eigenvalue weighted by atomic mass is 14.7. The van der Waals surface area contributed by atoms with E-state index in [2.05, 4.69) is 123 Å². The molecule has 0 N–H and O–H groups in total. The van der Waals surface area contributed by atoms with E-state index in [0.29, 0.717) is 0 Å². The summed E-state index contributed by atoms with van der Waals surface area (Å²) >= 11 is 0. The van der Waals surface area contributed by atoms with E-state index in [1.54, 1.807) is 0 Å². The van der Waals surface area contributed by atoms with Crippen LogP contribution in [0.2, 0.25) is 0 Å². The number of fused-ring (bicyclic) bond motifs is 10. The molecule has 0 atom stereocenters. The maximum absolute atomic E-state index is 4.86. The van der Waals surface area contributed by atoms with E-state index < -0.39 is 0 Å². The highest BCUT2D eigenvalue weighted by molar-refractivity contribution is 6.26. The second kappa shape index (κ2) is 8.25. The van der Waals surface area contributed by atoms with Gasteiger partial charge in [0, 0.05) is 22.6 Å². The lowest BCUT2D eigenvalue weighted by atomic mass is 9.73. The molecule has 39 heavy (non-hydrogen) atoms. The molecule has 0 radical (unpaired) electrons. The summed E-state index contributed by atoms with van der Waals surface area (Å²) in [7, 11) is 0. The molecule has 6 aromatic carbocycles. The summed E-state index contributed by atoms with van der Waals surface area (Å²) < 4.78 is 0. The van der Waals surface area contributed by atoms with E-state index in [-0.39, 0.29) is 5.41 Å². The Bertz CT molecular complexity index is 2090. The first-order valence-corrected chi connectivity index (χ1v) is 14.1. The van der Waals surface area contributed by atoms with Gasteiger partial charge in [0.1, 0.15) is 0 Å². The number of hydrogen-bond acceptors (Lipinski definition) is 1. The Morgan fingerprint density at radius 1 is 0.513 bits per heavy atom. The maximum Gasteiger partial charge on any atom is 0.0780 e. The second-order valence-electron chi connectivity index (χ2n) is 11.0. The fraction of sp³-hybridized carbons (Fsp3) is 0.132. The van der Waals surface area contributed by atoms with Crippen LogP contribution in [-0.4, -0.2) is 4.98 Å². The Hall–Kier alpha value is -4.49. The van der Waals surface area contributed by atoms with Crippen molar-refractivity contribution in [2.24, 2.45) is 0 Å². The van der Waals surface area contributed by atoms with Crippen LogP contribution in [0.25, 0.3) is 65.5 Å². The molecule has 0 saturated heterocycles. The molecule has 0 saturated carbocycles. The Morgan fingerprint density at radius 3 is 1.74 bits per heavy atom. The van der Waals surface area contributed by atoms with Crippen molar-refractivity contribution in [3.05, 3.63) is 127 Å². The standard InChI is InChI=1S/C38H29N/c1-3-38(4-2)35-18-17-25(37-26-12-6-5-11-24(26)19-20-39-37)21-33(35)34-22-31-29-15-9-7-13-27(29)28-14-8-10-16-30(28)32(31)23-36(34)38/h5-23H,3-4H2,1-2H3. The van der Waals surface area contributed by atoms with Crippen LogP contribution in [0.1, 0.15) is 37.8 Å². The van der Waals surface area contributed by atoms with E-state index in [9.17, 15) is 0 Å². The van der Waals surface area contributed by atoms with Gasteiger partial charge in [-0.25, -0.2) is 0 Å². The number of nitrogens with zero attached hydrogens (tertiary/aromatic N) is 1. The summed E-state index contributed by atoms with van der Waals surface area (Å²) in [5.74, 6) is 0. The van der Waals surface area contributed by atoms with E-state index in [1.165, 1.54) is 70.9 Å². The van der Waals surface area contributed by atoms with Crippen molar-refractivity contribution in [3.8, 4) is 22.4 Å². The van der Waals surface area contributed by atoms with Gasteiger partial charge in [0.05, 0.1) is 5.69 Å². The van der Waals surface area contributed by atoms with Gasteiger partial charge < -0.3 is 0 Å². The molecule has 1 aromatic heterocycles. The minimum atomic E-state index is 0.0102. The Labute approximate surface area is 228 Å². The number of rotatable bonds is 3. The molecule has 1 nitrogen and oxygen atoms in total. The summed E-state index contributed by atoms with van der Waals surface area (Å²) in [5, 5.41) is 10.4. The monoisotopic (exact) mass is 499 g/mol. The number of aromatic nitrogens is 1. The van der Waals surface area contributed by atoms with Crippen molar-refractivity contribution in [1.29, 1.82) is 0 Å². The lowest BCUT2D eigenvalue weighted by Gasteiger charge is -2.30. The molecule has 0 fully saturated rings. The Balaban J connectivity index is 1.48. The second-order valence-corrected chi connectivity index (χ2v) is 11.0. The van der Waals surface area contributed by atoms with Crippen LogP contribution in [0.5, 0.6) is 0 Å². The zero-order valence-electron chi connectivity index (χ0n) is 22.3. The molecule has 0 spiro atoms. The Kier molecular flexibility index (Phi) is 4.76. The highest BCUT2D eigenvalue weighted by Gasteiger charge is 2.41. The van der Waals surface area contributed by atoms with Gasteiger partial charge in [-0.1, -0.05) is 98.8 Å². The van der Waals surface area contributed by atoms with Crippen LogP contribution >= 0.6 is 0 Å². The van der Waals surface area contributed by atoms with Gasteiger partial charge in [-0.2, -0.15) is 0 Å². The van der Waals surface area contributed by atoms with Crippen molar-refractivity contribution in [3.63, 3.8) is 0 Å². The van der Waals surface area contributed by atoms with E-state index in [1.807, 2.05) is 6.20 Å². The molecular formula is C38H29N. The average Bonchev–Trinajstić information content (AvgIpc) is 3.28. The van der Waals surface area contributed by atoms with Crippen molar-refractivity contribution in [2.45, 2.75) is 32.1 Å². The third-order valence-electron chi connectivity index (χ3n) is 9.38. The molecule has 0 unspecified atom stereocenters. The number of benzene rings is 6. The molecule has 1 aliphatic rings. The smallest absolute Gasteiger partial charge is 0.0780 e. The highest BCUT2D eigenvalue weighted by Crippen LogP contribution is 2.55. The zero-order chi connectivity index (χ0) is 26.1. The quantitative estimate of drug-likeness (QED) is 0.220. The van der Waals surface area contributed by atoms with Gasteiger partial charge in [0.15, 0.2) is 0 Å². The largest absolute Gasteiger partial charge is 0.256 e. The van der Waals surface area contributed by atoms with Gasteiger partial charge in [-0.3, -0.25) is 4.98 Å². The fourth-order valence-electron chi connectivity index (χ4n) is 7.41. The van der Waals surface area contributed by atoms with Gasteiger partial charge in [0.2, 0.25) is 0 Å². The lowest BCUT2D eigenvalue weighted by molar-refractivity contribution is 0.491. The predicted octanol–water partition coefficient (Wildman–Crippen LogP) is 10.4. The normalized spacial score (nSPS) is 13.8. The lowest BCUT2D eigenvalue weighted by Crippen LogP contribution is -2.23. The van der Waals surface area contributed by atoms with Crippen molar-refractivity contribution >= 4 is 43.1 Å². The van der Waals surface area contributed by atoms with Crippen LogP contribution in [0.3, 0.4) is 0 Å². The van der Waals surface area contributed by atoms with Crippen molar-refractivity contribution < 1.29 is 0 Å². The molecule has 1 aliphatic carbocycles. The van der Waals surface area contributed by atoms with E-state index in [0.717, 1.165) is 18.5 Å². The van der Waals surface area contributed by atoms with Crippen molar-refractivity contribution in [2.75, 3.05) is 0 Å². The first kappa shape index (κ1) is 22.5. The molecule has 1 heteroatoms. The first-order valence-electron chi connectivity index (χ1n) is 14.1. The van der Waals surface area contributed by atoms with Gasteiger partial charge in [-0.15, -0.1) is 0 Å². The van der Waals surface area contributed by atoms with Crippen molar-refractivity contribution in [1.82, 2.24) is 4.98 Å². The molecule has 0 amide bonds. The SMILES string of the molecule is CCC1(CC)c2ccc(-c3nccc4ccccc34)cc2-c2cc3c4ccccc4c4ccccc4c3cc21. The summed E-state index contributed by atoms with van der Waals surface area (Å²) in [6.45, 7) is 4.70. The maximum atomic E-state index is 4.86. The Morgan fingerprint density at radius 2 is 1.08 bits per heavy atom.